The third-order valence-electron chi connectivity index (χ3n) is 2.78. The minimum Gasteiger partial charge on any atom is -0.465 e. The van der Waals surface area contributed by atoms with E-state index in [0.29, 0.717) is 5.56 Å². The third kappa shape index (κ3) is 2.62. The fourth-order valence-corrected chi connectivity index (χ4v) is 2.29. The second kappa shape index (κ2) is 5.36. The number of aryl methyl sites for hydroxylation is 1. The molecule has 0 bridgehead atoms. The maximum Gasteiger partial charge on any atom is 0.337 e. The van der Waals surface area contributed by atoms with E-state index >= 15 is 0 Å². The summed E-state index contributed by atoms with van der Waals surface area (Å²) in [6.07, 6.45) is 0. The van der Waals surface area contributed by atoms with Gasteiger partial charge in [-0.25, -0.2) is 4.79 Å². The van der Waals surface area contributed by atoms with Gasteiger partial charge in [0.05, 0.1) is 12.7 Å². The fourth-order valence-electron chi connectivity index (χ4n) is 1.89. The molecule has 0 aliphatic heterocycles. The molecule has 0 saturated heterocycles. The van der Waals surface area contributed by atoms with Gasteiger partial charge < -0.3 is 4.74 Å². The Bertz CT molecular complexity index is 591. The molecule has 92 valence electrons. The predicted octanol–water partition coefficient (Wildman–Crippen LogP) is 4.21. The minimum absolute atomic E-state index is 0.307. The Kier molecular flexibility index (Phi) is 3.82. The highest BCUT2D eigenvalue weighted by molar-refractivity contribution is 9.10. The summed E-state index contributed by atoms with van der Waals surface area (Å²) in [4.78, 5) is 11.4. The van der Waals surface area contributed by atoms with Gasteiger partial charge in [-0.05, 0) is 47.9 Å². The lowest BCUT2D eigenvalue weighted by atomic mass is 9.98. The second-order valence-electron chi connectivity index (χ2n) is 4.03. The summed E-state index contributed by atoms with van der Waals surface area (Å²) in [5.74, 6) is -0.307. The molecule has 3 heteroatoms. The number of hydrogen-bond acceptors (Lipinski definition) is 2. The summed E-state index contributed by atoms with van der Waals surface area (Å²) < 4.78 is 5.75. The standard InChI is InChI=1S/C15H13BrO2/c1-10-8-12(15(17)18-2)6-7-14(10)11-4-3-5-13(16)9-11/h3-9H,1-2H3. The van der Waals surface area contributed by atoms with Crippen molar-refractivity contribution in [3.05, 3.63) is 58.1 Å². The van der Waals surface area contributed by atoms with Crippen LogP contribution < -0.4 is 0 Å². The molecule has 0 aliphatic rings. The van der Waals surface area contributed by atoms with E-state index < -0.39 is 0 Å². The summed E-state index contributed by atoms with van der Waals surface area (Å²) in [7, 11) is 1.39. The molecular weight excluding hydrogens is 292 g/mol. The number of carbonyl (C=O) groups is 1. The fraction of sp³-hybridized carbons (Fsp3) is 0.133. The number of rotatable bonds is 2. The van der Waals surface area contributed by atoms with Crippen molar-refractivity contribution < 1.29 is 9.53 Å². The largest absolute Gasteiger partial charge is 0.465 e. The monoisotopic (exact) mass is 304 g/mol. The molecule has 0 radical (unpaired) electrons. The van der Waals surface area contributed by atoms with Gasteiger partial charge in [-0.2, -0.15) is 0 Å². The molecule has 0 aromatic heterocycles. The van der Waals surface area contributed by atoms with Gasteiger partial charge in [-0.1, -0.05) is 34.1 Å². The highest BCUT2D eigenvalue weighted by atomic mass is 79.9. The first kappa shape index (κ1) is 12.8. The van der Waals surface area contributed by atoms with E-state index in [-0.39, 0.29) is 5.97 Å². The quantitative estimate of drug-likeness (QED) is 0.777. The van der Waals surface area contributed by atoms with Crippen LogP contribution in [0.3, 0.4) is 0 Å². The van der Waals surface area contributed by atoms with Gasteiger partial charge in [0.1, 0.15) is 0 Å². The lowest BCUT2D eigenvalue weighted by Crippen LogP contribution is -2.01. The van der Waals surface area contributed by atoms with Crippen LogP contribution in [0.1, 0.15) is 15.9 Å². The van der Waals surface area contributed by atoms with Crippen molar-refractivity contribution in [3.63, 3.8) is 0 Å². The van der Waals surface area contributed by atoms with Crippen LogP contribution in [0.4, 0.5) is 0 Å². The number of halogens is 1. The molecular formula is C15H13BrO2. The smallest absolute Gasteiger partial charge is 0.337 e. The molecule has 0 amide bonds. The van der Waals surface area contributed by atoms with Crippen molar-refractivity contribution in [2.45, 2.75) is 6.92 Å². The zero-order chi connectivity index (χ0) is 13.1. The molecule has 2 aromatic rings. The van der Waals surface area contributed by atoms with E-state index in [1.54, 1.807) is 6.07 Å². The maximum absolute atomic E-state index is 11.4. The summed E-state index contributed by atoms with van der Waals surface area (Å²) >= 11 is 3.46. The topological polar surface area (TPSA) is 26.3 Å². The molecule has 0 spiro atoms. The molecule has 0 heterocycles. The van der Waals surface area contributed by atoms with Crippen molar-refractivity contribution in [2.75, 3.05) is 7.11 Å². The first-order valence-electron chi connectivity index (χ1n) is 5.56. The van der Waals surface area contributed by atoms with Crippen LogP contribution in [-0.4, -0.2) is 13.1 Å². The van der Waals surface area contributed by atoms with Gasteiger partial charge in [0.15, 0.2) is 0 Å². The van der Waals surface area contributed by atoms with Gasteiger partial charge in [-0.3, -0.25) is 0 Å². The van der Waals surface area contributed by atoms with Crippen LogP contribution in [0.5, 0.6) is 0 Å². The molecule has 0 N–H and O–H groups in total. The number of ether oxygens (including phenoxy) is 1. The number of esters is 1. The molecule has 2 rings (SSSR count). The Labute approximate surface area is 115 Å². The van der Waals surface area contributed by atoms with Crippen LogP contribution in [0.25, 0.3) is 11.1 Å². The number of methoxy groups -OCH3 is 1. The average molecular weight is 305 g/mol. The van der Waals surface area contributed by atoms with Crippen molar-refractivity contribution in [1.82, 2.24) is 0 Å². The molecule has 0 fully saturated rings. The SMILES string of the molecule is COC(=O)c1ccc(-c2cccc(Br)c2)c(C)c1. The summed E-state index contributed by atoms with van der Waals surface area (Å²) in [6.45, 7) is 1.99. The van der Waals surface area contributed by atoms with E-state index in [9.17, 15) is 4.79 Å². The van der Waals surface area contributed by atoms with Crippen LogP contribution in [-0.2, 0) is 4.74 Å². The minimum atomic E-state index is -0.307. The van der Waals surface area contributed by atoms with Crippen LogP contribution in [0.15, 0.2) is 46.9 Å². The lowest BCUT2D eigenvalue weighted by Gasteiger charge is -2.08. The van der Waals surface area contributed by atoms with Crippen molar-refractivity contribution >= 4 is 21.9 Å². The molecule has 0 saturated carbocycles. The Morgan fingerprint density at radius 3 is 2.56 bits per heavy atom. The summed E-state index contributed by atoms with van der Waals surface area (Å²) in [5, 5.41) is 0. The molecule has 18 heavy (non-hydrogen) atoms. The van der Waals surface area contributed by atoms with Gasteiger partial charge in [0, 0.05) is 4.47 Å². The molecule has 2 aromatic carbocycles. The van der Waals surface area contributed by atoms with Gasteiger partial charge in [0.25, 0.3) is 0 Å². The van der Waals surface area contributed by atoms with Crippen molar-refractivity contribution in [3.8, 4) is 11.1 Å². The summed E-state index contributed by atoms with van der Waals surface area (Å²) in [5.41, 5.74) is 3.87. The highest BCUT2D eigenvalue weighted by Crippen LogP contribution is 2.26. The van der Waals surface area contributed by atoms with E-state index in [1.807, 2.05) is 37.3 Å². The Morgan fingerprint density at radius 2 is 1.94 bits per heavy atom. The van der Waals surface area contributed by atoms with Crippen LogP contribution in [0.2, 0.25) is 0 Å². The Morgan fingerprint density at radius 1 is 1.17 bits per heavy atom. The van der Waals surface area contributed by atoms with Gasteiger partial charge >= 0.3 is 5.97 Å². The Hall–Kier alpha value is -1.61. The van der Waals surface area contributed by atoms with Gasteiger partial charge in [-0.15, -0.1) is 0 Å². The summed E-state index contributed by atoms with van der Waals surface area (Å²) in [6, 6.07) is 13.7. The van der Waals surface area contributed by atoms with E-state index in [4.69, 9.17) is 4.74 Å². The average Bonchev–Trinajstić information content (AvgIpc) is 2.37. The number of benzene rings is 2. The van der Waals surface area contributed by atoms with Gasteiger partial charge in [0.2, 0.25) is 0 Å². The highest BCUT2D eigenvalue weighted by Gasteiger charge is 2.08. The molecule has 0 aliphatic carbocycles. The molecule has 0 unspecified atom stereocenters. The first-order valence-corrected chi connectivity index (χ1v) is 6.36. The lowest BCUT2D eigenvalue weighted by molar-refractivity contribution is 0.0600. The normalized spacial score (nSPS) is 10.2. The maximum atomic E-state index is 11.4. The van der Waals surface area contributed by atoms with E-state index in [0.717, 1.165) is 21.2 Å². The molecule has 2 nitrogen and oxygen atoms in total. The first-order chi connectivity index (χ1) is 8.61. The van der Waals surface area contributed by atoms with Crippen molar-refractivity contribution in [1.29, 1.82) is 0 Å². The van der Waals surface area contributed by atoms with E-state index in [1.165, 1.54) is 7.11 Å². The zero-order valence-electron chi connectivity index (χ0n) is 10.2. The third-order valence-corrected chi connectivity index (χ3v) is 3.28. The molecule has 0 atom stereocenters. The predicted molar refractivity (Wildman–Crippen MR) is 75.7 cm³/mol. The second-order valence-corrected chi connectivity index (χ2v) is 4.95. The van der Waals surface area contributed by atoms with Crippen LogP contribution in [0, 0.1) is 6.92 Å². The van der Waals surface area contributed by atoms with E-state index in [2.05, 4.69) is 22.0 Å². The number of hydrogen-bond donors (Lipinski definition) is 0. The van der Waals surface area contributed by atoms with Crippen LogP contribution >= 0.6 is 15.9 Å². The Balaban J connectivity index is 2.45. The number of carbonyl (C=O) groups excluding carboxylic acids is 1. The zero-order valence-corrected chi connectivity index (χ0v) is 11.8. The van der Waals surface area contributed by atoms with Crippen molar-refractivity contribution in [2.24, 2.45) is 0 Å².